The number of H-pyrrole nitrogens is 1. The largest absolute Gasteiger partial charge is 0.348 e. The molecule has 5 heteroatoms. The molecule has 2 N–H and O–H groups in total. The summed E-state index contributed by atoms with van der Waals surface area (Å²) in [5.41, 5.74) is 0.133. The van der Waals surface area contributed by atoms with E-state index in [4.69, 9.17) is 0 Å². The summed E-state index contributed by atoms with van der Waals surface area (Å²) < 4.78 is 0. The highest BCUT2D eigenvalue weighted by Crippen LogP contribution is 2.05. The molecule has 0 bridgehead atoms. The topological polar surface area (TPSA) is 77.7 Å². The molecule has 0 fully saturated rings. The van der Waals surface area contributed by atoms with Gasteiger partial charge in [-0.3, -0.25) is 9.90 Å². The van der Waals surface area contributed by atoms with E-state index in [1.54, 1.807) is 0 Å². The van der Waals surface area contributed by atoms with Gasteiger partial charge in [0, 0.05) is 12.1 Å². The first kappa shape index (κ1) is 8.58. The summed E-state index contributed by atoms with van der Waals surface area (Å²) in [4.78, 5) is 11.1. The van der Waals surface area contributed by atoms with Crippen molar-refractivity contribution in [2.24, 2.45) is 0 Å². The second-order valence-electron chi connectivity index (χ2n) is 2.75. The summed E-state index contributed by atoms with van der Waals surface area (Å²) in [7, 11) is 0. The molecule has 1 aromatic heterocycles. The molecule has 1 heterocycles. The zero-order chi connectivity index (χ0) is 9.14. The molecule has 0 aliphatic rings. The highest BCUT2D eigenvalue weighted by Gasteiger charge is 2.10. The molecule has 1 aromatic rings. The second kappa shape index (κ2) is 3.25. The van der Waals surface area contributed by atoms with Gasteiger partial charge in [0.05, 0.1) is 0 Å². The molecule has 1 radical (unpaired) electrons. The van der Waals surface area contributed by atoms with Crippen molar-refractivity contribution in [2.75, 3.05) is 0 Å². The Kier molecular flexibility index (Phi) is 2.32. The highest BCUT2D eigenvalue weighted by atomic mass is 16.3. The Bertz CT molecular complexity index is 280. The quantitative estimate of drug-likeness (QED) is 0.681. The second-order valence-corrected chi connectivity index (χ2v) is 2.75. The van der Waals surface area contributed by atoms with E-state index in [0.29, 0.717) is 0 Å². The third kappa shape index (κ3) is 1.98. The van der Waals surface area contributed by atoms with Crippen molar-refractivity contribution in [1.29, 1.82) is 0 Å². The summed E-state index contributed by atoms with van der Waals surface area (Å²) in [5.74, 6) is -0.688. The minimum atomic E-state index is -0.357. The molecule has 1 amide bonds. The molecule has 0 aliphatic carbocycles. The normalized spacial score (nSPS) is 10.2. The van der Waals surface area contributed by atoms with Crippen LogP contribution >= 0.6 is 0 Å². The molecule has 5 nitrogen and oxygen atoms in total. The average Bonchev–Trinajstić information content (AvgIpc) is 2.34. The van der Waals surface area contributed by atoms with Crippen molar-refractivity contribution >= 4 is 5.91 Å². The Balaban J connectivity index is 2.65. The van der Waals surface area contributed by atoms with Crippen LogP contribution < -0.4 is 5.32 Å². The number of amides is 1. The number of nitrogens with one attached hydrogen (secondary N) is 2. The van der Waals surface area contributed by atoms with Gasteiger partial charge in [-0.2, -0.15) is 5.10 Å². The molecular weight excluding hydrogens is 158 g/mol. The Morgan fingerprint density at radius 2 is 2.33 bits per heavy atom. The van der Waals surface area contributed by atoms with E-state index >= 15 is 0 Å². The summed E-state index contributed by atoms with van der Waals surface area (Å²) in [6.07, 6.45) is 0. The van der Waals surface area contributed by atoms with Crippen molar-refractivity contribution in [2.45, 2.75) is 19.9 Å². The Morgan fingerprint density at radius 3 is 2.75 bits per heavy atom. The molecule has 12 heavy (non-hydrogen) atoms. The number of carbonyl (C=O) groups excluding carboxylic acids is 1. The minimum Gasteiger partial charge on any atom is -0.348 e. The van der Waals surface area contributed by atoms with E-state index in [9.17, 15) is 9.90 Å². The SMILES string of the molecule is CC(C)NC(=O)c1cc([O])[nH]n1. The fourth-order valence-corrected chi connectivity index (χ4v) is 0.756. The first-order valence-corrected chi connectivity index (χ1v) is 3.63. The van der Waals surface area contributed by atoms with Gasteiger partial charge in [-0.15, -0.1) is 0 Å². The molecular formula is C7H10N3O2. The third-order valence-corrected chi connectivity index (χ3v) is 1.21. The predicted octanol–water partition coefficient (Wildman–Crippen LogP) is 0.692. The fraction of sp³-hybridized carbons (Fsp3) is 0.429. The van der Waals surface area contributed by atoms with Crippen LogP contribution in [0.15, 0.2) is 6.07 Å². The van der Waals surface area contributed by atoms with E-state index in [1.807, 2.05) is 13.8 Å². The van der Waals surface area contributed by atoms with Crippen molar-refractivity contribution < 1.29 is 9.90 Å². The van der Waals surface area contributed by atoms with Crippen molar-refractivity contribution in [3.63, 3.8) is 0 Å². The number of carbonyl (C=O) groups is 1. The molecule has 0 aliphatic heterocycles. The number of hydrogen-bond acceptors (Lipinski definition) is 2. The predicted molar refractivity (Wildman–Crippen MR) is 41.3 cm³/mol. The van der Waals surface area contributed by atoms with E-state index in [1.165, 1.54) is 0 Å². The molecule has 0 saturated carbocycles. The molecule has 0 aromatic carbocycles. The Morgan fingerprint density at radius 1 is 1.67 bits per heavy atom. The first-order valence-electron chi connectivity index (χ1n) is 3.63. The maximum absolute atomic E-state index is 11.1. The van der Waals surface area contributed by atoms with E-state index < -0.39 is 0 Å². The van der Waals surface area contributed by atoms with E-state index in [-0.39, 0.29) is 23.5 Å². The van der Waals surface area contributed by atoms with Crippen molar-refractivity contribution in [3.05, 3.63) is 11.8 Å². The van der Waals surface area contributed by atoms with Gasteiger partial charge in [-0.1, -0.05) is 0 Å². The van der Waals surface area contributed by atoms with Gasteiger partial charge in [0.15, 0.2) is 5.69 Å². The highest BCUT2D eigenvalue weighted by molar-refractivity contribution is 5.92. The summed E-state index contributed by atoms with van der Waals surface area (Å²) in [6, 6.07) is 1.21. The zero-order valence-corrected chi connectivity index (χ0v) is 6.92. The average molecular weight is 168 g/mol. The van der Waals surface area contributed by atoms with E-state index in [2.05, 4.69) is 15.5 Å². The number of aromatic amines is 1. The Labute approximate surface area is 69.8 Å². The third-order valence-electron chi connectivity index (χ3n) is 1.21. The summed E-state index contributed by atoms with van der Waals surface area (Å²) in [5, 5.41) is 18.9. The van der Waals surface area contributed by atoms with Crippen molar-refractivity contribution in [3.8, 4) is 5.88 Å². The van der Waals surface area contributed by atoms with Crippen LogP contribution in [0.2, 0.25) is 0 Å². The maximum atomic E-state index is 11.1. The van der Waals surface area contributed by atoms with Crippen LogP contribution in [-0.4, -0.2) is 22.1 Å². The summed E-state index contributed by atoms with van der Waals surface area (Å²) >= 11 is 0. The first-order chi connectivity index (χ1) is 5.59. The molecule has 0 saturated heterocycles. The van der Waals surface area contributed by atoms with Crippen LogP contribution in [0.4, 0.5) is 0 Å². The van der Waals surface area contributed by atoms with Gasteiger partial charge in [-0.25, -0.2) is 5.10 Å². The van der Waals surface area contributed by atoms with Crippen LogP contribution in [0.3, 0.4) is 0 Å². The standard InChI is InChI=1S/C7H10N3O2/c1-4(2)8-7(12)5-3-6(11)10-9-5/h3-4H,1-2H3,(H,8,12)(H,9,10). The number of nitrogens with zero attached hydrogens (tertiary/aromatic N) is 1. The van der Waals surface area contributed by atoms with Gasteiger partial charge < -0.3 is 5.32 Å². The van der Waals surface area contributed by atoms with Gasteiger partial charge in [0.2, 0.25) is 0 Å². The van der Waals surface area contributed by atoms with Gasteiger partial charge in [0.1, 0.15) is 0 Å². The molecule has 1 rings (SSSR count). The number of rotatable bonds is 2. The lowest BCUT2D eigenvalue weighted by Crippen LogP contribution is -2.30. The fourth-order valence-electron chi connectivity index (χ4n) is 0.756. The van der Waals surface area contributed by atoms with Crippen LogP contribution in [0.5, 0.6) is 5.88 Å². The molecule has 0 unspecified atom stereocenters. The van der Waals surface area contributed by atoms with Crippen LogP contribution in [0.1, 0.15) is 24.3 Å². The lowest BCUT2D eigenvalue weighted by Gasteiger charge is -2.04. The van der Waals surface area contributed by atoms with Crippen molar-refractivity contribution in [1.82, 2.24) is 15.5 Å². The molecule has 0 spiro atoms. The van der Waals surface area contributed by atoms with Crippen LogP contribution in [0.25, 0.3) is 0 Å². The zero-order valence-electron chi connectivity index (χ0n) is 6.92. The monoisotopic (exact) mass is 168 g/mol. The van der Waals surface area contributed by atoms with Crippen LogP contribution in [-0.2, 0) is 5.11 Å². The maximum Gasteiger partial charge on any atom is 0.272 e. The molecule has 65 valence electrons. The smallest absolute Gasteiger partial charge is 0.272 e. The lowest BCUT2D eigenvalue weighted by molar-refractivity contribution is 0.0938. The van der Waals surface area contributed by atoms with E-state index in [0.717, 1.165) is 6.07 Å². The van der Waals surface area contributed by atoms with Crippen LogP contribution in [0, 0.1) is 0 Å². The Hall–Kier alpha value is -1.52. The molecule has 0 atom stereocenters. The summed E-state index contributed by atoms with van der Waals surface area (Å²) in [6.45, 7) is 3.67. The van der Waals surface area contributed by atoms with Gasteiger partial charge in [0.25, 0.3) is 11.8 Å². The lowest BCUT2D eigenvalue weighted by atomic mass is 10.3. The number of aromatic nitrogens is 2. The van der Waals surface area contributed by atoms with Gasteiger partial charge >= 0.3 is 0 Å². The minimum absolute atomic E-state index is 0.0457. The van der Waals surface area contributed by atoms with Gasteiger partial charge in [-0.05, 0) is 13.8 Å². The number of hydrogen-bond donors (Lipinski definition) is 2.